The Bertz CT molecular complexity index is 323. The standard InChI is InChI=1S/C6H10O3.C4H6O2.H3O4P/c1(5-3-8-5)7-2-6-4-9-6;1-3(2)4(5)6;1-5(2,3)4/h5-6H,1-4H2;1H2,2H3,(H,5,6);(H3,1,2,3,4). The van der Waals surface area contributed by atoms with Crippen LogP contribution in [0.2, 0.25) is 0 Å². The van der Waals surface area contributed by atoms with Crippen LogP contribution in [0.1, 0.15) is 6.92 Å². The van der Waals surface area contributed by atoms with Crippen molar-refractivity contribution in [3.8, 4) is 0 Å². The molecule has 0 aromatic carbocycles. The fourth-order valence-electron chi connectivity index (χ4n) is 0.659. The minimum atomic E-state index is -4.64. The number of carboxylic acids is 1. The van der Waals surface area contributed by atoms with Crippen molar-refractivity contribution in [1.29, 1.82) is 0 Å². The van der Waals surface area contributed by atoms with Crippen LogP contribution in [0.5, 0.6) is 0 Å². The molecule has 2 atom stereocenters. The van der Waals surface area contributed by atoms with Crippen molar-refractivity contribution in [3.63, 3.8) is 0 Å². The molecule has 0 bridgehead atoms. The third kappa shape index (κ3) is 19.5. The summed E-state index contributed by atoms with van der Waals surface area (Å²) in [4.78, 5) is 31.2. The molecule has 0 aromatic rings. The number of epoxide rings is 2. The first-order valence-electron chi connectivity index (χ1n) is 5.57. The highest BCUT2D eigenvalue weighted by atomic mass is 31.2. The fraction of sp³-hybridized carbons (Fsp3) is 0.700. The molecule has 0 saturated carbocycles. The van der Waals surface area contributed by atoms with Crippen molar-refractivity contribution in [3.05, 3.63) is 12.2 Å². The summed E-state index contributed by atoms with van der Waals surface area (Å²) >= 11 is 0. The molecule has 4 N–H and O–H groups in total. The number of hydrogen-bond acceptors (Lipinski definition) is 5. The van der Waals surface area contributed by atoms with E-state index in [4.69, 9.17) is 38.6 Å². The first-order chi connectivity index (χ1) is 9.09. The van der Waals surface area contributed by atoms with Gasteiger partial charge in [-0.3, -0.25) is 0 Å². The van der Waals surface area contributed by atoms with E-state index >= 15 is 0 Å². The van der Waals surface area contributed by atoms with E-state index in [0.29, 0.717) is 12.2 Å². The quantitative estimate of drug-likeness (QED) is 0.300. The van der Waals surface area contributed by atoms with Gasteiger partial charge in [-0.25, -0.2) is 9.36 Å². The molecule has 2 aliphatic rings. The van der Waals surface area contributed by atoms with Gasteiger partial charge in [0.2, 0.25) is 0 Å². The Hall–Kier alpha value is -0.800. The first kappa shape index (κ1) is 19.2. The van der Waals surface area contributed by atoms with E-state index in [2.05, 4.69) is 6.58 Å². The van der Waals surface area contributed by atoms with Gasteiger partial charge in [-0.05, 0) is 6.92 Å². The van der Waals surface area contributed by atoms with Crippen molar-refractivity contribution >= 4 is 13.8 Å². The zero-order chi connectivity index (χ0) is 15.8. The smallest absolute Gasteiger partial charge is 0.466 e. The number of ether oxygens (including phenoxy) is 3. The molecule has 2 fully saturated rings. The zero-order valence-electron chi connectivity index (χ0n) is 11.0. The van der Waals surface area contributed by atoms with E-state index in [9.17, 15) is 4.79 Å². The topological polar surface area (TPSA) is 149 Å². The largest absolute Gasteiger partial charge is 0.478 e. The highest BCUT2D eigenvalue weighted by Crippen LogP contribution is 2.25. The summed E-state index contributed by atoms with van der Waals surface area (Å²) in [5.74, 6) is -0.935. The molecule has 20 heavy (non-hydrogen) atoms. The number of carboxylic acid groups (broad SMARTS) is 1. The van der Waals surface area contributed by atoms with Crippen molar-refractivity contribution < 1.29 is 43.4 Å². The van der Waals surface area contributed by atoms with Crippen LogP contribution in [-0.4, -0.2) is 64.4 Å². The van der Waals surface area contributed by atoms with Gasteiger partial charge in [0.1, 0.15) is 12.2 Å². The van der Waals surface area contributed by atoms with Crippen LogP contribution in [0.25, 0.3) is 0 Å². The summed E-state index contributed by atoms with van der Waals surface area (Å²) in [5.41, 5.74) is 0.176. The molecule has 2 rings (SSSR count). The van der Waals surface area contributed by atoms with Gasteiger partial charge < -0.3 is 34.0 Å². The fourth-order valence-corrected chi connectivity index (χ4v) is 0.659. The second-order valence-electron chi connectivity index (χ2n) is 4.05. The van der Waals surface area contributed by atoms with Crippen LogP contribution in [-0.2, 0) is 23.6 Å². The number of aliphatic carboxylic acids is 1. The van der Waals surface area contributed by atoms with Gasteiger partial charge in [-0.1, -0.05) is 6.58 Å². The van der Waals surface area contributed by atoms with Crippen LogP contribution in [0.15, 0.2) is 12.2 Å². The minimum absolute atomic E-state index is 0.176. The molecule has 9 nitrogen and oxygen atoms in total. The Kier molecular flexibility index (Phi) is 8.83. The molecule has 118 valence electrons. The van der Waals surface area contributed by atoms with Crippen LogP contribution >= 0.6 is 7.82 Å². The number of rotatable bonds is 5. The molecule has 2 aliphatic heterocycles. The van der Waals surface area contributed by atoms with Crippen molar-refractivity contribution in [1.82, 2.24) is 0 Å². The number of hydrogen-bond donors (Lipinski definition) is 4. The van der Waals surface area contributed by atoms with E-state index < -0.39 is 13.8 Å². The zero-order valence-corrected chi connectivity index (χ0v) is 11.9. The summed E-state index contributed by atoms with van der Waals surface area (Å²) < 4.78 is 24.0. The predicted octanol–water partition coefficient (Wildman–Crippen LogP) is -0.481. The van der Waals surface area contributed by atoms with Gasteiger partial charge in [0.25, 0.3) is 0 Å². The molecular weight excluding hydrogens is 295 g/mol. The summed E-state index contributed by atoms with van der Waals surface area (Å²) in [6.45, 7) is 7.86. The second-order valence-corrected chi connectivity index (χ2v) is 5.07. The molecular formula is C10H19O9P. The maximum absolute atomic E-state index is 9.60. The normalized spacial score (nSPS) is 22.6. The molecule has 0 aliphatic carbocycles. The van der Waals surface area contributed by atoms with E-state index in [1.165, 1.54) is 6.92 Å². The van der Waals surface area contributed by atoms with Crippen LogP contribution in [0, 0.1) is 0 Å². The summed E-state index contributed by atoms with van der Waals surface area (Å²) in [6, 6.07) is 0. The van der Waals surface area contributed by atoms with Gasteiger partial charge in [0.15, 0.2) is 0 Å². The van der Waals surface area contributed by atoms with Gasteiger partial charge in [-0.2, -0.15) is 0 Å². The van der Waals surface area contributed by atoms with E-state index in [1.807, 2.05) is 0 Å². The maximum Gasteiger partial charge on any atom is 0.466 e. The molecule has 10 heteroatoms. The van der Waals surface area contributed by atoms with Gasteiger partial charge >= 0.3 is 13.8 Å². The lowest BCUT2D eigenvalue weighted by atomic mass is 10.4. The molecule has 2 unspecified atom stereocenters. The molecule has 2 heterocycles. The van der Waals surface area contributed by atoms with Gasteiger partial charge in [-0.15, -0.1) is 0 Å². The average molecular weight is 314 g/mol. The second kappa shape index (κ2) is 9.19. The van der Waals surface area contributed by atoms with E-state index in [1.54, 1.807) is 0 Å². The SMILES string of the molecule is C(OCC1CO1)C1CO1.C=C(C)C(=O)O.O=P(O)(O)O. The predicted molar refractivity (Wildman–Crippen MR) is 67.0 cm³/mol. The van der Waals surface area contributed by atoms with E-state index in [0.717, 1.165) is 26.4 Å². The van der Waals surface area contributed by atoms with Gasteiger partial charge in [0.05, 0.1) is 26.4 Å². The lowest BCUT2D eigenvalue weighted by Crippen LogP contribution is -2.06. The molecule has 0 amide bonds. The summed E-state index contributed by atoms with van der Waals surface area (Å²) in [5, 5.41) is 7.89. The number of phosphoric acid groups is 1. The molecule has 2 saturated heterocycles. The van der Waals surface area contributed by atoms with Crippen molar-refractivity contribution in [2.75, 3.05) is 26.4 Å². The Morgan fingerprint density at radius 1 is 1.25 bits per heavy atom. The summed E-state index contributed by atoms with van der Waals surface area (Å²) in [6.07, 6.45) is 0.785. The van der Waals surface area contributed by atoms with Crippen molar-refractivity contribution in [2.24, 2.45) is 0 Å². The highest BCUT2D eigenvalue weighted by Gasteiger charge is 2.26. The third-order valence-corrected chi connectivity index (χ3v) is 1.78. The van der Waals surface area contributed by atoms with E-state index in [-0.39, 0.29) is 5.57 Å². The third-order valence-electron chi connectivity index (χ3n) is 1.78. The highest BCUT2D eigenvalue weighted by molar-refractivity contribution is 7.45. The number of carbonyl (C=O) groups is 1. The average Bonchev–Trinajstić information content (AvgIpc) is 3.10. The molecule has 0 spiro atoms. The Morgan fingerprint density at radius 3 is 1.65 bits per heavy atom. The Morgan fingerprint density at radius 2 is 1.50 bits per heavy atom. The maximum atomic E-state index is 9.60. The Labute approximate surface area is 116 Å². The monoisotopic (exact) mass is 314 g/mol. The lowest BCUT2D eigenvalue weighted by Gasteiger charge is -1.95. The van der Waals surface area contributed by atoms with Crippen LogP contribution in [0.3, 0.4) is 0 Å². The first-order valence-corrected chi connectivity index (χ1v) is 7.14. The summed E-state index contributed by atoms with van der Waals surface area (Å²) in [7, 11) is -4.64. The molecule has 0 radical (unpaired) electrons. The molecule has 0 aromatic heterocycles. The lowest BCUT2D eigenvalue weighted by molar-refractivity contribution is -0.132. The van der Waals surface area contributed by atoms with Crippen molar-refractivity contribution in [2.45, 2.75) is 19.1 Å². The van der Waals surface area contributed by atoms with Crippen LogP contribution < -0.4 is 0 Å². The van der Waals surface area contributed by atoms with Gasteiger partial charge in [0, 0.05) is 5.57 Å². The Balaban J connectivity index is 0.000000291. The minimum Gasteiger partial charge on any atom is -0.478 e. The van der Waals surface area contributed by atoms with Crippen LogP contribution in [0.4, 0.5) is 0 Å².